The van der Waals surface area contributed by atoms with E-state index in [0.29, 0.717) is 11.5 Å². The second-order valence-corrected chi connectivity index (χ2v) is 6.88. The Morgan fingerprint density at radius 2 is 2.07 bits per heavy atom. The van der Waals surface area contributed by atoms with Crippen molar-refractivity contribution >= 4 is 22.9 Å². The van der Waals surface area contributed by atoms with Crippen molar-refractivity contribution in [3.05, 3.63) is 21.3 Å². The maximum Gasteiger partial charge on any atom is 0.0931 e. The van der Waals surface area contributed by atoms with Gasteiger partial charge in [0.05, 0.1) is 4.34 Å². The highest BCUT2D eigenvalue weighted by molar-refractivity contribution is 7.16. The van der Waals surface area contributed by atoms with Gasteiger partial charge in [-0.15, -0.1) is 11.3 Å². The van der Waals surface area contributed by atoms with Crippen LogP contribution in [0.1, 0.15) is 45.0 Å². The molecule has 0 radical (unpaired) electrons. The smallest absolute Gasteiger partial charge is 0.0931 e. The molecule has 0 saturated carbocycles. The Hall–Kier alpha value is -0.0500. The van der Waals surface area contributed by atoms with Crippen LogP contribution in [0.25, 0.3) is 0 Å². The van der Waals surface area contributed by atoms with E-state index in [1.165, 1.54) is 11.3 Å². The maximum absolute atomic E-state index is 5.90. The molecule has 86 valence electrons. The fraction of sp³-hybridized carbons (Fsp3) is 0.667. The molecule has 1 heterocycles. The van der Waals surface area contributed by atoms with Crippen molar-refractivity contribution < 1.29 is 0 Å². The highest BCUT2D eigenvalue weighted by Crippen LogP contribution is 2.27. The molecule has 1 atom stereocenters. The van der Waals surface area contributed by atoms with Gasteiger partial charge in [0, 0.05) is 10.9 Å². The fourth-order valence-electron chi connectivity index (χ4n) is 1.33. The Bertz CT molecular complexity index is 301. The van der Waals surface area contributed by atoms with Crippen molar-refractivity contribution in [3.63, 3.8) is 0 Å². The summed E-state index contributed by atoms with van der Waals surface area (Å²) in [6.07, 6.45) is 1.19. The minimum Gasteiger partial charge on any atom is -0.309 e. The molecule has 0 fully saturated rings. The third-order valence-corrected chi connectivity index (χ3v) is 3.76. The lowest BCUT2D eigenvalue weighted by Gasteiger charge is -2.20. The topological polar surface area (TPSA) is 12.0 Å². The van der Waals surface area contributed by atoms with E-state index in [0.717, 1.165) is 10.9 Å². The molecule has 0 bridgehead atoms. The quantitative estimate of drug-likeness (QED) is 0.824. The van der Waals surface area contributed by atoms with Crippen molar-refractivity contribution in [3.8, 4) is 0 Å². The van der Waals surface area contributed by atoms with Gasteiger partial charge in [-0.3, -0.25) is 0 Å². The van der Waals surface area contributed by atoms with Gasteiger partial charge in [-0.25, -0.2) is 0 Å². The standard InChI is InChI=1S/C12H20ClNS/c1-9(10-5-6-11(13)15-10)14-8-7-12(2,3)4/h5-6,9,14H,7-8H2,1-4H3. The Balaban J connectivity index is 2.34. The van der Waals surface area contributed by atoms with Crippen LogP contribution < -0.4 is 5.32 Å². The Morgan fingerprint density at radius 3 is 2.53 bits per heavy atom. The number of thiophene rings is 1. The minimum absolute atomic E-state index is 0.403. The number of rotatable bonds is 4. The van der Waals surface area contributed by atoms with E-state index in [1.807, 2.05) is 6.07 Å². The van der Waals surface area contributed by atoms with Gasteiger partial charge in [-0.05, 0) is 37.4 Å². The second-order valence-electron chi connectivity index (χ2n) is 5.13. The first-order valence-corrected chi connectivity index (χ1v) is 6.56. The molecule has 0 aliphatic carbocycles. The van der Waals surface area contributed by atoms with Gasteiger partial charge in [0.1, 0.15) is 0 Å². The molecule has 0 amide bonds. The Kier molecular flexibility index (Phi) is 4.63. The lowest BCUT2D eigenvalue weighted by atomic mass is 9.92. The SMILES string of the molecule is CC(NCCC(C)(C)C)c1ccc(Cl)s1. The molecular formula is C12H20ClNS. The summed E-state index contributed by atoms with van der Waals surface area (Å²) in [7, 11) is 0. The van der Waals surface area contributed by atoms with Gasteiger partial charge < -0.3 is 5.32 Å². The van der Waals surface area contributed by atoms with E-state index in [1.54, 1.807) is 11.3 Å². The van der Waals surface area contributed by atoms with Crippen LogP contribution in [0.5, 0.6) is 0 Å². The number of hydrogen-bond acceptors (Lipinski definition) is 2. The normalized spacial score (nSPS) is 14.2. The van der Waals surface area contributed by atoms with E-state index in [9.17, 15) is 0 Å². The molecule has 0 saturated heterocycles. The van der Waals surface area contributed by atoms with Gasteiger partial charge in [0.25, 0.3) is 0 Å². The predicted octanol–water partition coefficient (Wildman–Crippen LogP) is 4.49. The van der Waals surface area contributed by atoms with E-state index < -0.39 is 0 Å². The minimum atomic E-state index is 0.403. The van der Waals surface area contributed by atoms with Crippen LogP contribution in [-0.2, 0) is 0 Å². The van der Waals surface area contributed by atoms with Crippen molar-refractivity contribution in [2.75, 3.05) is 6.54 Å². The van der Waals surface area contributed by atoms with E-state index in [4.69, 9.17) is 11.6 Å². The molecule has 3 heteroatoms. The summed E-state index contributed by atoms with van der Waals surface area (Å²) >= 11 is 7.56. The van der Waals surface area contributed by atoms with Gasteiger partial charge >= 0.3 is 0 Å². The molecule has 1 N–H and O–H groups in total. The van der Waals surface area contributed by atoms with Crippen molar-refractivity contribution in [1.29, 1.82) is 0 Å². The lowest BCUT2D eigenvalue weighted by molar-refractivity contribution is 0.358. The van der Waals surface area contributed by atoms with Crippen molar-refractivity contribution in [2.45, 2.75) is 40.2 Å². The number of nitrogens with one attached hydrogen (secondary N) is 1. The Morgan fingerprint density at radius 1 is 1.40 bits per heavy atom. The fourth-order valence-corrected chi connectivity index (χ4v) is 2.41. The molecule has 0 aliphatic heterocycles. The zero-order chi connectivity index (χ0) is 11.5. The van der Waals surface area contributed by atoms with Crippen molar-refractivity contribution in [2.24, 2.45) is 5.41 Å². The summed E-state index contributed by atoms with van der Waals surface area (Å²) in [5.74, 6) is 0. The summed E-state index contributed by atoms with van der Waals surface area (Å²) in [6.45, 7) is 10.0. The number of hydrogen-bond donors (Lipinski definition) is 1. The molecule has 1 rings (SSSR count). The predicted molar refractivity (Wildman–Crippen MR) is 69.8 cm³/mol. The zero-order valence-corrected chi connectivity index (χ0v) is 11.5. The summed E-state index contributed by atoms with van der Waals surface area (Å²) < 4.78 is 0.870. The monoisotopic (exact) mass is 245 g/mol. The number of halogens is 1. The van der Waals surface area contributed by atoms with Crippen LogP contribution in [-0.4, -0.2) is 6.54 Å². The van der Waals surface area contributed by atoms with Crippen LogP contribution in [0, 0.1) is 5.41 Å². The average Bonchev–Trinajstić information content (AvgIpc) is 2.49. The summed E-state index contributed by atoms with van der Waals surface area (Å²) in [5.41, 5.74) is 0.403. The molecule has 0 aliphatic rings. The highest BCUT2D eigenvalue weighted by atomic mass is 35.5. The third kappa shape index (κ3) is 5.01. The zero-order valence-electron chi connectivity index (χ0n) is 9.93. The van der Waals surface area contributed by atoms with Crippen LogP contribution in [0.3, 0.4) is 0 Å². The second kappa shape index (κ2) is 5.33. The molecule has 1 nitrogen and oxygen atoms in total. The van der Waals surface area contributed by atoms with E-state index >= 15 is 0 Å². The molecule has 1 unspecified atom stereocenters. The molecule has 1 aromatic rings. The summed E-state index contributed by atoms with van der Waals surface area (Å²) in [6, 6.07) is 4.47. The largest absolute Gasteiger partial charge is 0.309 e. The maximum atomic E-state index is 5.90. The molecule has 15 heavy (non-hydrogen) atoms. The Labute approximate surface area is 102 Å². The van der Waals surface area contributed by atoms with Gasteiger partial charge in [-0.2, -0.15) is 0 Å². The average molecular weight is 246 g/mol. The third-order valence-electron chi connectivity index (χ3n) is 2.35. The van der Waals surface area contributed by atoms with Crippen LogP contribution in [0.15, 0.2) is 12.1 Å². The van der Waals surface area contributed by atoms with Gasteiger partial charge in [0.15, 0.2) is 0 Å². The summed E-state index contributed by atoms with van der Waals surface area (Å²) in [5, 5.41) is 3.52. The molecule has 0 aromatic carbocycles. The van der Waals surface area contributed by atoms with Crippen molar-refractivity contribution in [1.82, 2.24) is 5.32 Å². The van der Waals surface area contributed by atoms with Crippen LogP contribution >= 0.6 is 22.9 Å². The highest BCUT2D eigenvalue weighted by Gasteiger charge is 2.11. The molecular weight excluding hydrogens is 226 g/mol. The van der Waals surface area contributed by atoms with Gasteiger partial charge in [0.2, 0.25) is 0 Å². The molecule has 1 aromatic heterocycles. The van der Waals surface area contributed by atoms with Crippen LogP contribution in [0.2, 0.25) is 4.34 Å². The summed E-state index contributed by atoms with van der Waals surface area (Å²) in [4.78, 5) is 1.31. The molecule has 0 spiro atoms. The van der Waals surface area contributed by atoms with Crippen LogP contribution in [0.4, 0.5) is 0 Å². The van der Waals surface area contributed by atoms with Gasteiger partial charge in [-0.1, -0.05) is 32.4 Å². The lowest BCUT2D eigenvalue weighted by Crippen LogP contribution is -2.23. The first-order valence-electron chi connectivity index (χ1n) is 5.37. The van der Waals surface area contributed by atoms with E-state index in [-0.39, 0.29) is 0 Å². The first-order chi connectivity index (χ1) is 6.88. The van der Waals surface area contributed by atoms with E-state index in [2.05, 4.69) is 39.1 Å². The first kappa shape index (κ1) is 13.0.